The van der Waals surface area contributed by atoms with Crippen molar-refractivity contribution in [3.05, 3.63) is 42.5 Å². The normalized spacial score (nSPS) is 9.20. The number of hydrogen-bond acceptors (Lipinski definition) is 4. The molecule has 110 valence electrons. The number of carboxylic acid groups (broad SMARTS) is 1. The van der Waals surface area contributed by atoms with Crippen molar-refractivity contribution >= 4 is 24.3 Å². The van der Waals surface area contributed by atoms with E-state index in [1.165, 1.54) is 12.1 Å². The Bertz CT molecular complexity index is 441. The molecule has 0 amide bonds. The van der Waals surface area contributed by atoms with Gasteiger partial charge in [-0.2, -0.15) is 0 Å². The zero-order valence-electron chi connectivity index (χ0n) is 10.9. The van der Waals surface area contributed by atoms with E-state index in [1.807, 2.05) is 0 Å². The highest BCUT2D eigenvalue weighted by molar-refractivity contribution is 5.87. The summed E-state index contributed by atoms with van der Waals surface area (Å²) in [5, 5.41) is 8.72. The van der Waals surface area contributed by atoms with Crippen LogP contribution in [0.25, 0.3) is 0 Å². The number of aromatic carboxylic acids is 1. The standard InChI is InChI=1S/C14H16O5.ClH/c1-2-13(15)19-10-4-3-9-18-12-7-5-11(6-8-12)14(16)17;/h2,5-8H,1,3-4,9-10H2,(H,16,17);1H. The highest BCUT2D eigenvalue weighted by Crippen LogP contribution is 2.12. The number of carbonyl (C=O) groups excluding carboxylic acids is 1. The molecule has 0 fully saturated rings. The molecule has 0 unspecified atom stereocenters. The maximum Gasteiger partial charge on any atom is 0.335 e. The van der Waals surface area contributed by atoms with Crippen LogP contribution in [0.5, 0.6) is 5.75 Å². The van der Waals surface area contributed by atoms with Gasteiger partial charge in [-0.05, 0) is 37.1 Å². The Hall–Kier alpha value is -2.01. The molecule has 1 aromatic rings. The van der Waals surface area contributed by atoms with Crippen molar-refractivity contribution in [1.82, 2.24) is 0 Å². The number of esters is 1. The van der Waals surface area contributed by atoms with Gasteiger partial charge in [-0.3, -0.25) is 0 Å². The highest BCUT2D eigenvalue weighted by Gasteiger charge is 2.02. The van der Waals surface area contributed by atoms with Crippen molar-refractivity contribution in [2.45, 2.75) is 12.8 Å². The highest BCUT2D eigenvalue weighted by atomic mass is 35.5. The molecule has 0 aromatic heterocycles. The third kappa shape index (κ3) is 6.80. The molecular weight excluding hydrogens is 284 g/mol. The molecule has 5 nitrogen and oxygen atoms in total. The van der Waals surface area contributed by atoms with Crippen molar-refractivity contribution in [2.24, 2.45) is 0 Å². The molecule has 1 rings (SSSR count). The second-order valence-electron chi connectivity index (χ2n) is 3.76. The van der Waals surface area contributed by atoms with Crippen LogP contribution in [0.3, 0.4) is 0 Å². The zero-order chi connectivity index (χ0) is 14.1. The van der Waals surface area contributed by atoms with Crippen LogP contribution in [0.2, 0.25) is 0 Å². The summed E-state index contributed by atoms with van der Waals surface area (Å²) in [6.45, 7) is 4.12. The molecule has 0 heterocycles. The Labute approximate surface area is 123 Å². The molecular formula is C14H17ClO5. The van der Waals surface area contributed by atoms with E-state index in [2.05, 4.69) is 6.58 Å². The first-order valence-electron chi connectivity index (χ1n) is 5.89. The average Bonchev–Trinajstić information content (AvgIpc) is 2.42. The van der Waals surface area contributed by atoms with Gasteiger partial charge < -0.3 is 14.6 Å². The minimum absolute atomic E-state index is 0. The lowest BCUT2D eigenvalue weighted by atomic mass is 10.2. The third-order valence-corrected chi connectivity index (χ3v) is 2.32. The summed E-state index contributed by atoms with van der Waals surface area (Å²) in [5.74, 6) is -0.770. The fraction of sp³-hybridized carbons (Fsp3) is 0.286. The van der Waals surface area contributed by atoms with Crippen LogP contribution < -0.4 is 4.74 Å². The Morgan fingerprint density at radius 1 is 1.15 bits per heavy atom. The summed E-state index contributed by atoms with van der Waals surface area (Å²) in [6, 6.07) is 6.20. The van der Waals surface area contributed by atoms with Gasteiger partial charge in [0, 0.05) is 6.08 Å². The van der Waals surface area contributed by atoms with Crippen molar-refractivity contribution in [1.29, 1.82) is 0 Å². The van der Waals surface area contributed by atoms with Gasteiger partial charge in [-0.25, -0.2) is 9.59 Å². The smallest absolute Gasteiger partial charge is 0.335 e. The molecule has 0 bridgehead atoms. The van der Waals surface area contributed by atoms with E-state index in [1.54, 1.807) is 12.1 Å². The van der Waals surface area contributed by atoms with Gasteiger partial charge in [0.15, 0.2) is 0 Å². The number of halogens is 1. The molecule has 0 aliphatic heterocycles. The van der Waals surface area contributed by atoms with E-state index in [9.17, 15) is 9.59 Å². The predicted octanol–water partition coefficient (Wildman–Crippen LogP) is 2.69. The molecule has 0 spiro atoms. The summed E-state index contributed by atoms with van der Waals surface area (Å²) in [4.78, 5) is 21.4. The van der Waals surface area contributed by atoms with Gasteiger partial charge in [0.1, 0.15) is 5.75 Å². The van der Waals surface area contributed by atoms with Crippen LogP contribution >= 0.6 is 12.4 Å². The summed E-state index contributed by atoms with van der Waals surface area (Å²) in [5.41, 5.74) is 0.226. The summed E-state index contributed by atoms with van der Waals surface area (Å²) in [6.07, 6.45) is 2.57. The summed E-state index contributed by atoms with van der Waals surface area (Å²) < 4.78 is 10.2. The lowest BCUT2D eigenvalue weighted by Crippen LogP contribution is -2.04. The second-order valence-corrected chi connectivity index (χ2v) is 3.76. The number of carbonyl (C=O) groups is 2. The van der Waals surface area contributed by atoms with Crippen LogP contribution in [0.15, 0.2) is 36.9 Å². The molecule has 0 saturated carbocycles. The predicted molar refractivity (Wildman–Crippen MR) is 76.5 cm³/mol. The molecule has 0 atom stereocenters. The number of hydrogen-bond donors (Lipinski definition) is 1. The maximum absolute atomic E-state index is 10.7. The van der Waals surface area contributed by atoms with Crippen LogP contribution in [-0.4, -0.2) is 30.3 Å². The van der Waals surface area contributed by atoms with E-state index < -0.39 is 11.9 Å². The van der Waals surface area contributed by atoms with Gasteiger partial charge in [0.2, 0.25) is 0 Å². The molecule has 0 saturated heterocycles. The molecule has 0 radical (unpaired) electrons. The third-order valence-electron chi connectivity index (χ3n) is 2.32. The van der Waals surface area contributed by atoms with Crippen molar-refractivity contribution in [2.75, 3.05) is 13.2 Å². The largest absolute Gasteiger partial charge is 0.494 e. The Morgan fingerprint density at radius 3 is 2.30 bits per heavy atom. The van der Waals surface area contributed by atoms with Crippen molar-refractivity contribution < 1.29 is 24.2 Å². The number of benzene rings is 1. The Kier molecular flexibility index (Phi) is 8.87. The molecule has 1 aromatic carbocycles. The van der Waals surface area contributed by atoms with Crippen LogP contribution in [-0.2, 0) is 9.53 Å². The van der Waals surface area contributed by atoms with Gasteiger partial charge in [-0.15, -0.1) is 12.4 Å². The van der Waals surface area contributed by atoms with Crippen molar-refractivity contribution in [3.63, 3.8) is 0 Å². The molecule has 1 N–H and O–H groups in total. The Morgan fingerprint density at radius 2 is 1.75 bits per heavy atom. The number of ether oxygens (including phenoxy) is 2. The second kappa shape index (κ2) is 9.86. The Balaban J connectivity index is 0.00000361. The summed E-state index contributed by atoms with van der Waals surface area (Å²) in [7, 11) is 0. The first-order valence-corrected chi connectivity index (χ1v) is 5.89. The fourth-order valence-electron chi connectivity index (χ4n) is 1.32. The minimum atomic E-state index is -0.962. The van der Waals surface area contributed by atoms with E-state index in [0.29, 0.717) is 25.4 Å². The van der Waals surface area contributed by atoms with E-state index in [-0.39, 0.29) is 18.0 Å². The number of unbranched alkanes of at least 4 members (excludes halogenated alkanes) is 1. The monoisotopic (exact) mass is 300 g/mol. The van der Waals surface area contributed by atoms with Gasteiger partial charge in [0.25, 0.3) is 0 Å². The maximum atomic E-state index is 10.7. The molecule has 6 heteroatoms. The number of carboxylic acids is 1. The lowest BCUT2D eigenvalue weighted by molar-refractivity contribution is -0.137. The lowest BCUT2D eigenvalue weighted by Gasteiger charge is -2.06. The molecule has 20 heavy (non-hydrogen) atoms. The van der Waals surface area contributed by atoms with E-state index in [0.717, 1.165) is 12.5 Å². The minimum Gasteiger partial charge on any atom is -0.494 e. The topological polar surface area (TPSA) is 72.8 Å². The fourth-order valence-corrected chi connectivity index (χ4v) is 1.32. The average molecular weight is 301 g/mol. The van der Waals surface area contributed by atoms with Gasteiger partial charge >= 0.3 is 11.9 Å². The van der Waals surface area contributed by atoms with Gasteiger partial charge in [0.05, 0.1) is 18.8 Å². The zero-order valence-corrected chi connectivity index (χ0v) is 11.7. The quantitative estimate of drug-likeness (QED) is 0.454. The van der Waals surface area contributed by atoms with Crippen LogP contribution in [0.1, 0.15) is 23.2 Å². The van der Waals surface area contributed by atoms with E-state index >= 15 is 0 Å². The molecule has 0 aliphatic carbocycles. The first-order chi connectivity index (χ1) is 9.13. The van der Waals surface area contributed by atoms with Gasteiger partial charge in [-0.1, -0.05) is 6.58 Å². The SMILES string of the molecule is C=CC(=O)OCCCCOc1ccc(C(=O)O)cc1.Cl. The summed E-state index contributed by atoms with van der Waals surface area (Å²) >= 11 is 0. The van der Waals surface area contributed by atoms with Crippen LogP contribution in [0.4, 0.5) is 0 Å². The molecule has 0 aliphatic rings. The van der Waals surface area contributed by atoms with Crippen molar-refractivity contribution in [3.8, 4) is 5.75 Å². The number of rotatable bonds is 8. The van der Waals surface area contributed by atoms with E-state index in [4.69, 9.17) is 14.6 Å². The van der Waals surface area contributed by atoms with Crippen LogP contribution in [0, 0.1) is 0 Å². The first kappa shape index (κ1) is 18.0.